The van der Waals surface area contributed by atoms with Gasteiger partial charge in [-0.15, -0.1) is 0 Å². The van der Waals surface area contributed by atoms with Crippen LogP contribution in [0.4, 0.5) is 13.2 Å². The number of hydrogen-bond donors (Lipinski definition) is 0. The summed E-state index contributed by atoms with van der Waals surface area (Å²) in [7, 11) is 0. The molecule has 0 aliphatic carbocycles. The molecule has 0 atom stereocenters. The highest BCUT2D eigenvalue weighted by Crippen LogP contribution is 2.32. The van der Waals surface area contributed by atoms with E-state index < -0.39 is 11.7 Å². The number of ketones is 1. The minimum Gasteiger partial charge on any atom is -0.294 e. The standard InChI is InChI=1S/C15H10BrF3O/c16-13-9-12(15(17,18)19)7-6-11(13)8-14(20)10-4-2-1-3-5-10/h1-7,9H,8H2. The SMILES string of the molecule is O=C(Cc1ccc(C(F)(F)F)cc1Br)c1ccccc1. The molecule has 1 nitrogen and oxygen atoms in total. The second-order valence-electron chi connectivity index (χ2n) is 4.27. The Bertz CT molecular complexity index is 621. The van der Waals surface area contributed by atoms with E-state index in [2.05, 4.69) is 15.9 Å². The minimum atomic E-state index is -4.38. The second-order valence-corrected chi connectivity index (χ2v) is 5.12. The molecule has 0 saturated heterocycles. The molecular weight excluding hydrogens is 333 g/mol. The van der Waals surface area contributed by atoms with Gasteiger partial charge in [0, 0.05) is 16.5 Å². The number of hydrogen-bond acceptors (Lipinski definition) is 1. The average molecular weight is 343 g/mol. The maximum atomic E-state index is 12.5. The zero-order valence-corrected chi connectivity index (χ0v) is 11.8. The lowest BCUT2D eigenvalue weighted by Crippen LogP contribution is -2.07. The lowest BCUT2D eigenvalue weighted by Gasteiger charge is -2.10. The summed E-state index contributed by atoms with van der Waals surface area (Å²) < 4.78 is 37.9. The van der Waals surface area contributed by atoms with Crippen LogP contribution in [0.15, 0.2) is 53.0 Å². The number of Topliss-reactive ketones (excluding diaryl/α,β-unsaturated/α-hetero) is 1. The maximum Gasteiger partial charge on any atom is 0.416 e. The van der Waals surface area contributed by atoms with E-state index in [1.807, 2.05) is 0 Å². The second kappa shape index (κ2) is 5.79. The normalized spacial score (nSPS) is 11.4. The molecular formula is C15H10BrF3O. The van der Waals surface area contributed by atoms with Gasteiger partial charge < -0.3 is 0 Å². The molecule has 0 saturated carbocycles. The summed E-state index contributed by atoms with van der Waals surface area (Å²) in [5.74, 6) is -0.133. The van der Waals surface area contributed by atoms with Crippen LogP contribution in [-0.2, 0) is 12.6 Å². The van der Waals surface area contributed by atoms with Crippen LogP contribution < -0.4 is 0 Å². The van der Waals surface area contributed by atoms with Gasteiger partial charge in [-0.05, 0) is 17.7 Å². The molecule has 2 aromatic rings. The predicted octanol–water partition coefficient (Wildman–Crippen LogP) is 4.89. The molecule has 0 aliphatic heterocycles. The largest absolute Gasteiger partial charge is 0.416 e. The van der Waals surface area contributed by atoms with Gasteiger partial charge in [0.05, 0.1) is 5.56 Å². The van der Waals surface area contributed by atoms with E-state index in [4.69, 9.17) is 0 Å². The highest BCUT2D eigenvalue weighted by atomic mass is 79.9. The van der Waals surface area contributed by atoms with Crippen LogP contribution in [0.25, 0.3) is 0 Å². The predicted molar refractivity (Wildman–Crippen MR) is 73.6 cm³/mol. The van der Waals surface area contributed by atoms with Crippen LogP contribution in [0.3, 0.4) is 0 Å². The number of carbonyl (C=O) groups excluding carboxylic acids is 1. The van der Waals surface area contributed by atoms with E-state index in [9.17, 15) is 18.0 Å². The van der Waals surface area contributed by atoms with E-state index in [0.717, 1.165) is 12.1 Å². The van der Waals surface area contributed by atoms with Crippen LogP contribution in [-0.4, -0.2) is 5.78 Å². The number of benzene rings is 2. The Kier molecular flexibility index (Phi) is 4.28. The lowest BCUT2D eigenvalue weighted by molar-refractivity contribution is -0.137. The van der Waals surface area contributed by atoms with Gasteiger partial charge in [-0.3, -0.25) is 4.79 Å². The van der Waals surface area contributed by atoms with Crippen molar-refractivity contribution in [1.29, 1.82) is 0 Å². The monoisotopic (exact) mass is 342 g/mol. The first-order valence-corrected chi connectivity index (χ1v) is 6.61. The van der Waals surface area contributed by atoms with Crippen molar-refractivity contribution in [1.82, 2.24) is 0 Å². The molecule has 20 heavy (non-hydrogen) atoms. The third-order valence-corrected chi connectivity index (χ3v) is 3.57. The highest BCUT2D eigenvalue weighted by Gasteiger charge is 2.30. The summed E-state index contributed by atoms with van der Waals surface area (Å²) in [6, 6.07) is 12.0. The molecule has 104 valence electrons. The van der Waals surface area contributed by atoms with Gasteiger partial charge in [0.1, 0.15) is 0 Å². The summed E-state index contributed by atoms with van der Waals surface area (Å²) in [5, 5.41) is 0. The molecule has 5 heteroatoms. The molecule has 2 rings (SSSR count). The molecule has 0 heterocycles. The van der Waals surface area contributed by atoms with Gasteiger partial charge in [-0.1, -0.05) is 52.3 Å². The van der Waals surface area contributed by atoms with E-state index in [1.54, 1.807) is 30.3 Å². The number of carbonyl (C=O) groups is 1. The summed E-state index contributed by atoms with van der Waals surface area (Å²) >= 11 is 3.09. The van der Waals surface area contributed by atoms with Crippen molar-refractivity contribution < 1.29 is 18.0 Å². The van der Waals surface area contributed by atoms with E-state index in [1.165, 1.54) is 6.07 Å². The van der Waals surface area contributed by atoms with Crippen molar-refractivity contribution in [3.05, 3.63) is 69.7 Å². The fourth-order valence-corrected chi connectivity index (χ4v) is 2.29. The van der Waals surface area contributed by atoms with Crippen LogP contribution >= 0.6 is 15.9 Å². The lowest BCUT2D eigenvalue weighted by atomic mass is 10.0. The summed E-state index contributed by atoms with van der Waals surface area (Å²) in [6.07, 6.45) is -4.33. The van der Waals surface area contributed by atoms with E-state index in [0.29, 0.717) is 11.1 Å². The first-order valence-electron chi connectivity index (χ1n) is 5.82. The van der Waals surface area contributed by atoms with Gasteiger partial charge in [0.25, 0.3) is 0 Å². The van der Waals surface area contributed by atoms with Gasteiger partial charge in [-0.2, -0.15) is 13.2 Å². The van der Waals surface area contributed by atoms with Crippen LogP contribution in [0, 0.1) is 0 Å². The Morgan fingerprint density at radius 2 is 1.70 bits per heavy atom. The number of rotatable bonds is 3. The third-order valence-electron chi connectivity index (χ3n) is 2.83. The molecule has 0 aromatic heterocycles. The summed E-state index contributed by atoms with van der Waals surface area (Å²) in [4.78, 5) is 12.0. The molecule has 0 aliphatic rings. The minimum absolute atomic E-state index is 0.0583. The Labute approximate surface area is 122 Å². The zero-order valence-electron chi connectivity index (χ0n) is 10.2. The molecule has 0 N–H and O–H groups in total. The fraction of sp³-hybridized carbons (Fsp3) is 0.133. The maximum absolute atomic E-state index is 12.5. The topological polar surface area (TPSA) is 17.1 Å². The molecule has 0 bridgehead atoms. The Hall–Kier alpha value is -1.62. The van der Waals surface area contributed by atoms with Crippen LogP contribution in [0.2, 0.25) is 0 Å². The van der Waals surface area contributed by atoms with Crippen molar-refractivity contribution in [3.63, 3.8) is 0 Å². The highest BCUT2D eigenvalue weighted by molar-refractivity contribution is 9.10. The van der Waals surface area contributed by atoms with Gasteiger partial charge in [0.15, 0.2) is 5.78 Å². The van der Waals surface area contributed by atoms with Gasteiger partial charge >= 0.3 is 6.18 Å². The average Bonchev–Trinajstić information content (AvgIpc) is 2.41. The molecule has 0 fully saturated rings. The summed E-state index contributed by atoms with van der Waals surface area (Å²) in [5.41, 5.74) is 0.339. The van der Waals surface area contributed by atoms with Crippen LogP contribution in [0.1, 0.15) is 21.5 Å². The number of alkyl halides is 3. The van der Waals surface area contributed by atoms with Crippen molar-refractivity contribution >= 4 is 21.7 Å². The van der Waals surface area contributed by atoms with E-state index in [-0.39, 0.29) is 16.7 Å². The Balaban J connectivity index is 2.21. The fourth-order valence-electron chi connectivity index (χ4n) is 1.77. The van der Waals surface area contributed by atoms with Crippen molar-refractivity contribution in [2.45, 2.75) is 12.6 Å². The van der Waals surface area contributed by atoms with Crippen molar-refractivity contribution in [2.24, 2.45) is 0 Å². The van der Waals surface area contributed by atoms with Gasteiger partial charge in [0.2, 0.25) is 0 Å². The van der Waals surface area contributed by atoms with Gasteiger partial charge in [-0.25, -0.2) is 0 Å². The summed E-state index contributed by atoms with van der Waals surface area (Å²) in [6.45, 7) is 0. The molecule has 0 spiro atoms. The third kappa shape index (κ3) is 3.48. The van der Waals surface area contributed by atoms with Crippen molar-refractivity contribution in [3.8, 4) is 0 Å². The first kappa shape index (κ1) is 14.8. The number of halogens is 4. The smallest absolute Gasteiger partial charge is 0.294 e. The Morgan fingerprint density at radius 1 is 1.05 bits per heavy atom. The molecule has 2 aromatic carbocycles. The first-order chi connectivity index (χ1) is 9.38. The van der Waals surface area contributed by atoms with Crippen LogP contribution in [0.5, 0.6) is 0 Å². The Morgan fingerprint density at radius 3 is 2.25 bits per heavy atom. The molecule has 0 amide bonds. The van der Waals surface area contributed by atoms with Crippen molar-refractivity contribution in [2.75, 3.05) is 0 Å². The quantitative estimate of drug-likeness (QED) is 0.725. The van der Waals surface area contributed by atoms with E-state index >= 15 is 0 Å². The molecule has 0 radical (unpaired) electrons. The zero-order chi connectivity index (χ0) is 14.8. The molecule has 0 unspecified atom stereocenters.